The maximum absolute atomic E-state index is 5.92. The number of nitrogens with zero attached hydrogens (tertiary/aromatic N) is 6. The molecule has 0 fully saturated rings. The summed E-state index contributed by atoms with van der Waals surface area (Å²) in [7, 11) is 1.62. The van der Waals surface area contributed by atoms with E-state index < -0.39 is 0 Å². The molecule has 178 valence electrons. The van der Waals surface area contributed by atoms with Crippen LogP contribution in [-0.2, 0) is 6.54 Å². The maximum Gasteiger partial charge on any atom is 0.280 e. The van der Waals surface area contributed by atoms with Crippen LogP contribution in [0.2, 0.25) is 0 Å². The Labute approximate surface area is 201 Å². The molecule has 0 unspecified atom stereocenters. The van der Waals surface area contributed by atoms with E-state index in [1.807, 2.05) is 69.3 Å². The topological polar surface area (TPSA) is 114 Å². The van der Waals surface area contributed by atoms with Gasteiger partial charge in [0.2, 0.25) is 11.7 Å². The summed E-state index contributed by atoms with van der Waals surface area (Å²) in [4.78, 5) is 9.21. The van der Waals surface area contributed by atoms with Gasteiger partial charge >= 0.3 is 0 Å². The highest BCUT2D eigenvalue weighted by molar-refractivity contribution is 5.65. The summed E-state index contributed by atoms with van der Waals surface area (Å²) in [5.41, 5.74) is 3.54. The average Bonchev–Trinajstić information content (AvgIpc) is 3.59. The van der Waals surface area contributed by atoms with Crippen molar-refractivity contribution in [3.8, 4) is 45.9 Å². The molecule has 10 heteroatoms. The van der Waals surface area contributed by atoms with Gasteiger partial charge in [0.15, 0.2) is 5.69 Å². The minimum atomic E-state index is 0.279. The number of para-hydroxylation sites is 2. The number of hydrogen-bond donors (Lipinski definition) is 0. The summed E-state index contributed by atoms with van der Waals surface area (Å²) < 4.78 is 24.3. The molecule has 0 saturated heterocycles. The summed E-state index contributed by atoms with van der Waals surface area (Å²) in [6.07, 6.45) is 0. The standard InChI is InChI=1S/C25H24N6O4/c1-5-33-21-13-9-6-10-17(21)23-27-25(35-29-23)22-15(2)31(30-28-22)14-19-16(3)34-24(26-19)18-11-7-8-12-20(18)32-4/h6-13H,5,14H2,1-4H3. The van der Waals surface area contributed by atoms with E-state index in [0.29, 0.717) is 47.8 Å². The van der Waals surface area contributed by atoms with Gasteiger partial charge in [-0.1, -0.05) is 34.6 Å². The van der Waals surface area contributed by atoms with Crippen LogP contribution in [0.4, 0.5) is 0 Å². The highest BCUT2D eigenvalue weighted by atomic mass is 16.5. The fraction of sp³-hybridized carbons (Fsp3) is 0.240. The van der Waals surface area contributed by atoms with Gasteiger partial charge in [-0.3, -0.25) is 0 Å². The molecule has 2 aromatic carbocycles. The van der Waals surface area contributed by atoms with Crippen LogP contribution in [-0.4, -0.2) is 43.8 Å². The van der Waals surface area contributed by atoms with Gasteiger partial charge in [0.25, 0.3) is 5.89 Å². The van der Waals surface area contributed by atoms with Gasteiger partial charge in [-0.15, -0.1) is 5.10 Å². The number of aryl methyl sites for hydroxylation is 1. The Morgan fingerprint density at radius 3 is 2.43 bits per heavy atom. The van der Waals surface area contributed by atoms with Gasteiger partial charge in [0.05, 0.1) is 37.1 Å². The van der Waals surface area contributed by atoms with E-state index in [1.54, 1.807) is 11.8 Å². The van der Waals surface area contributed by atoms with Crippen molar-refractivity contribution in [1.29, 1.82) is 0 Å². The molecule has 3 heterocycles. The van der Waals surface area contributed by atoms with Crippen molar-refractivity contribution in [2.24, 2.45) is 0 Å². The zero-order valence-electron chi connectivity index (χ0n) is 19.8. The smallest absolute Gasteiger partial charge is 0.280 e. The molecule has 0 bridgehead atoms. The van der Waals surface area contributed by atoms with Crippen molar-refractivity contribution in [2.45, 2.75) is 27.3 Å². The third-order valence-corrected chi connectivity index (χ3v) is 5.57. The lowest BCUT2D eigenvalue weighted by Gasteiger charge is -2.05. The number of benzene rings is 2. The van der Waals surface area contributed by atoms with Crippen molar-refractivity contribution >= 4 is 0 Å². The number of aromatic nitrogens is 6. The van der Waals surface area contributed by atoms with Crippen LogP contribution >= 0.6 is 0 Å². The molecule has 3 aromatic heterocycles. The van der Waals surface area contributed by atoms with E-state index >= 15 is 0 Å². The molecule has 0 amide bonds. The molecule has 10 nitrogen and oxygen atoms in total. The van der Waals surface area contributed by atoms with Crippen molar-refractivity contribution in [2.75, 3.05) is 13.7 Å². The van der Waals surface area contributed by atoms with Crippen LogP contribution in [0.5, 0.6) is 11.5 Å². The number of rotatable bonds is 8. The molecule has 0 aliphatic carbocycles. The maximum atomic E-state index is 5.92. The van der Waals surface area contributed by atoms with Gasteiger partial charge < -0.3 is 18.4 Å². The Morgan fingerprint density at radius 1 is 0.914 bits per heavy atom. The lowest BCUT2D eigenvalue weighted by molar-refractivity contribution is 0.341. The molecule has 0 N–H and O–H groups in total. The molecule has 0 atom stereocenters. The Balaban J connectivity index is 1.41. The minimum Gasteiger partial charge on any atom is -0.496 e. The fourth-order valence-electron chi connectivity index (χ4n) is 3.72. The lowest BCUT2D eigenvalue weighted by Crippen LogP contribution is -2.05. The molecular weight excluding hydrogens is 448 g/mol. The highest BCUT2D eigenvalue weighted by Gasteiger charge is 2.21. The van der Waals surface area contributed by atoms with E-state index in [4.69, 9.17) is 18.4 Å². The van der Waals surface area contributed by atoms with Crippen LogP contribution < -0.4 is 9.47 Å². The Hall–Kier alpha value is -4.47. The van der Waals surface area contributed by atoms with Gasteiger partial charge in [0.1, 0.15) is 23.0 Å². The zero-order chi connectivity index (χ0) is 24.4. The highest BCUT2D eigenvalue weighted by Crippen LogP contribution is 2.32. The first kappa shape index (κ1) is 22.3. The quantitative estimate of drug-likeness (QED) is 0.316. The first-order valence-corrected chi connectivity index (χ1v) is 11.1. The summed E-state index contributed by atoms with van der Waals surface area (Å²) in [5, 5.41) is 12.7. The molecule has 0 radical (unpaired) electrons. The van der Waals surface area contributed by atoms with Crippen LogP contribution in [0.3, 0.4) is 0 Å². The second kappa shape index (κ2) is 9.41. The molecular formula is C25H24N6O4. The zero-order valence-corrected chi connectivity index (χ0v) is 19.8. The fourth-order valence-corrected chi connectivity index (χ4v) is 3.72. The third-order valence-electron chi connectivity index (χ3n) is 5.57. The molecule has 5 rings (SSSR count). The van der Waals surface area contributed by atoms with E-state index in [0.717, 1.165) is 22.5 Å². The second-order valence-corrected chi connectivity index (χ2v) is 7.76. The summed E-state index contributed by atoms with van der Waals surface area (Å²) in [6.45, 7) is 6.60. The average molecular weight is 473 g/mol. The predicted molar refractivity (Wildman–Crippen MR) is 127 cm³/mol. The number of hydrogen-bond acceptors (Lipinski definition) is 9. The summed E-state index contributed by atoms with van der Waals surface area (Å²) >= 11 is 0. The minimum absolute atomic E-state index is 0.279. The van der Waals surface area contributed by atoms with Gasteiger partial charge in [0, 0.05) is 0 Å². The lowest BCUT2D eigenvalue weighted by atomic mass is 10.2. The first-order chi connectivity index (χ1) is 17.1. The second-order valence-electron chi connectivity index (χ2n) is 7.76. The van der Waals surface area contributed by atoms with E-state index in [9.17, 15) is 0 Å². The number of oxazole rings is 1. The van der Waals surface area contributed by atoms with Crippen LogP contribution in [0.25, 0.3) is 34.4 Å². The van der Waals surface area contributed by atoms with E-state index in [1.165, 1.54) is 0 Å². The van der Waals surface area contributed by atoms with Crippen LogP contribution in [0.15, 0.2) is 57.5 Å². The molecule has 0 aliphatic heterocycles. The summed E-state index contributed by atoms with van der Waals surface area (Å²) in [5.74, 6) is 3.26. The molecule has 35 heavy (non-hydrogen) atoms. The molecule has 0 aliphatic rings. The van der Waals surface area contributed by atoms with Crippen molar-refractivity contribution < 1.29 is 18.4 Å². The monoisotopic (exact) mass is 472 g/mol. The number of ether oxygens (including phenoxy) is 2. The van der Waals surface area contributed by atoms with Crippen LogP contribution in [0.1, 0.15) is 24.1 Å². The Morgan fingerprint density at radius 2 is 1.66 bits per heavy atom. The van der Waals surface area contributed by atoms with Crippen molar-refractivity contribution in [1.82, 2.24) is 30.1 Å². The number of methoxy groups -OCH3 is 1. The van der Waals surface area contributed by atoms with Crippen LogP contribution in [0, 0.1) is 13.8 Å². The van der Waals surface area contributed by atoms with Gasteiger partial charge in [-0.25, -0.2) is 9.67 Å². The van der Waals surface area contributed by atoms with E-state index in [-0.39, 0.29) is 5.89 Å². The normalized spacial score (nSPS) is 11.1. The molecule has 5 aromatic rings. The summed E-state index contributed by atoms with van der Waals surface area (Å²) in [6, 6.07) is 15.1. The molecule has 0 spiro atoms. The van der Waals surface area contributed by atoms with Gasteiger partial charge in [-0.05, 0) is 45.0 Å². The van der Waals surface area contributed by atoms with E-state index in [2.05, 4.69) is 25.4 Å². The first-order valence-electron chi connectivity index (χ1n) is 11.1. The Kier molecular flexibility index (Phi) is 6.01. The van der Waals surface area contributed by atoms with Crippen molar-refractivity contribution in [3.63, 3.8) is 0 Å². The predicted octanol–water partition coefficient (Wildman–Crippen LogP) is 4.72. The van der Waals surface area contributed by atoms with Crippen molar-refractivity contribution in [3.05, 3.63) is 65.7 Å². The van der Waals surface area contributed by atoms with Gasteiger partial charge in [-0.2, -0.15) is 4.98 Å². The Bertz CT molecular complexity index is 1470. The molecule has 0 saturated carbocycles. The largest absolute Gasteiger partial charge is 0.496 e. The third kappa shape index (κ3) is 4.25. The SMILES string of the molecule is CCOc1ccccc1-c1noc(-c2nnn(Cc3nc(-c4ccccc4OC)oc3C)c2C)n1.